The molecule has 0 bridgehead atoms. The largest absolute Gasteiger partial charge is 0.354 e. The van der Waals surface area contributed by atoms with Crippen molar-refractivity contribution in [1.29, 1.82) is 5.26 Å². The maximum Gasteiger partial charge on any atom is 0.240 e. The summed E-state index contributed by atoms with van der Waals surface area (Å²) in [6.45, 7) is 0.476. The van der Waals surface area contributed by atoms with E-state index < -0.39 is 5.41 Å². The molecule has 0 saturated heterocycles. The Hall–Kier alpha value is -1.24. The minimum absolute atomic E-state index is 0.161. The molecule has 0 unspecified atom stereocenters. The van der Waals surface area contributed by atoms with Gasteiger partial charge in [-0.15, -0.1) is 0 Å². The van der Waals surface area contributed by atoms with Crippen LogP contribution in [0.25, 0.3) is 0 Å². The van der Waals surface area contributed by atoms with Gasteiger partial charge in [0.15, 0.2) is 0 Å². The molecule has 0 heterocycles. The van der Waals surface area contributed by atoms with Gasteiger partial charge in [-0.3, -0.25) is 4.79 Å². The molecule has 0 aromatic heterocycles. The molecule has 0 atom stereocenters. The number of halogens is 2. The normalized spacial score (nSPS) is 16.3. The summed E-state index contributed by atoms with van der Waals surface area (Å²) in [6.07, 6.45) is 2.90. The van der Waals surface area contributed by atoms with E-state index in [1.54, 1.807) is 12.1 Å². The molecule has 1 aromatic carbocycles. The van der Waals surface area contributed by atoms with Crippen LogP contribution in [0, 0.1) is 16.7 Å². The highest BCUT2D eigenvalue weighted by molar-refractivity contribution is 6.35. The highest BCUT2D eigenvalue weighted by atomic mass is 35.5. The van der Waals surface area contributed by atoms with Crippen LogP contribution in [0.4, 0.5) is 0 Å². The van der Waals surface area contributed by atoms with Crippen molar-refractivity contribution >= 4 is 29.1 Å². The van der Waals surface area contributed by atoms with Crippen molar-refractivity contribution in [2.75, 3.05) is 6.54 Å². The summed E-state index contributed by atoms with van der Waals surface area (Å²) in [5.74, 6) is -0.161. The first-order valence-electron chi connectivity index (χ1n) is 6.21. The van der Waals surface area contributed by atoms with Gasteiger partial charge in [-0.05, 0) is 43.4 Å². The predicted octanol–water partition coefficient (Wildman–Crippen LogP) is 3.35. The number of hydrogen-bond donors (Lipinski definition) is 1. The molecular weight excluding hydrogens is 283 g/mol. The fourth-order valence-electron chi connectivity index (χ4n) is 2.12. The summed E-state index contributed by atoms with van der Waals surface area (Å²) < 4.78 is 0. The Bertz CT molecular complexity index is 533. The van der Waals surface area contributed by atoms with Crippen LogP contribution in [-0.4, -0.2) is 12.5 Å². The number of carbonyl (C=O) groups excluding carboxylic acids is 1. The lowest BCUT2D eigenvalue weighted by Gasteiger charge is -2.33. The molecule has 1 aromatic rings. The van der Waals surface area contributed by atoms with Gasteiger partial charge in [0, 0.05) is 16.6 Å². The number of rotatable bonds is 4. The Morgan fingerprint density at radius 2 is 2.16 bits per heavy atom. The molecule has 100 valence electrons. The van der Waals surface area contributed by atoms with Gasteiger partial charge in [-0.25, -0.2) is 0 Å². The van der Waals surface area contributed by atoms with Crippen LogP contribution in [0.5, 0.6) is 0 Å². The van der Waals surface area contributed by atoms with Crippen LogP contribution >= 0.6 is 23.2 Å². The summed E-state index contributed by atoms with van der Waals surface area (Å²) in [5, 5.41) is 13.1. The van der Waals surface area contributed by atoms with E-state index >= 15 is 0 Å². The Balaban J connectivity index is 1.87. The third-order valence-electron chi connectivity index (χ3n) is 3.55. The van der Waals surface area contributed by atoms with Crippen LogP contribution < -0.4 is 5.32 Å². The maximum atomic E-state index is 11.9. The Kier molecular flexibility index (Phi) is 4.34. The van der Waals surface area contributed by atoms with Gasteiger partial charge in [-0.1, -0.05) is 29.3 Å². The molecule has 1 aliphatic rings. The third kappa shape index (κ3) is 3.02. The first kappa shape index (κ1) is 14.2. The first-order chi connectivity index (χ1) is 9.07. The molecular formula is C14H14Cl2N2O. The van der Waals surface area contributed by atoms with Crippen molar-refractivity contribution < 1.29 is 4.79 Å². The molecule has 0 spiro atoms. The highest BCUT2D eigenvalue weighted by Gasteiger charge is 2.44. The molecule has 0 radical (unpaired) electrons. The minimum Gasteiger partial charge on any atom is -0.354 e. The van der Waals surface area contributed by atoms with Crippen LogP contribution in [0.1, 0.15) is 24.8 Å². The summed E-state index contributed by atoms with van der Waals surface area (Å²) in [4.78, 5) is 11.9. The Labute approximate surface area is 122 Å². The lowest BCUT2D eigenvalue weighted by atomic mass is 9.69. The van der Waals surface area contributed by atoms with E-state index in [2.05, 4.69) is 11.4 Å². The second kappa shape index (κ2) is 5.81. The second-order valence-electron chi connectivity index (χ2n) is 4.79. The molecule has 0 aliphatic heterocycles. The third-order valence-corrected chi connectivity index (χ3v) is 4.14. The van der Waals surface area contributed by atoms with E-state index in [0.717, 1.165) is 12.0 Å². The van der Waals surface area contributed by atoms with Gasteiger partial charge in [0.1, 0.15) is 5.41 Å². The lowest BCUT2D eigenvalue weighted by Crippen LogP contribution is -2.45. The average molecular weight is 297 g/mol. The van der Waals surface area contributed by atoms with E-state index in [1.807, 2.05) is 6.07 Å². The van der Waals surface area contributed by atoms with Crippen molar-refractivity contribution in [1.82, 2.24) is 5.32 Å². The Morgan fingerprint density at radius 3 is 2.68 bits per heavy atom. The van der Waals surface area contributed by atoms with E-state index in [9.17, 15) is 4.79 Å². The molecule has 3 nitrogen and oxygen atoms in total. The fourth-order valence-corrected chi connectivity index (χ4v) is 2.63. The fraction of sp³-hybridized carbons (Fsp3) is 0.429. The van der Waals surface area contributed by atoms with Crippen LogP contribution in [0.3, 0.4) is 0 Å². The molecule has 19 heavy (non-hydrogen) atoms. The second-order valence-corrected chi connectivity index (χ2v) is 5.63. The molecule has 1 fully saturated rings. The highest BCUT2D eigenvalue weighted by Crippen LogP contribution is 2.40. The zero-order chi connectivity index (χ0) is 13.9. The lowest BCUT2D eigenvalue weighted by molar-refractivity contribution is -0.131. The summed E-state index contributed by atoms with van der Waals surface area (Å²) in [5.41, 5.74) is 0.148. The van der Waals surface area contributed by atoms with Crippen molar-refractivity contribution in [2.24, 2.45) is 5.41 Å². The van der Waals surface area contributed by atoms with Crippen LogP contribution in [-0.2, 0) is 11.2 Å². The van der Waals surface area contributed by atoms with E-state index in [1.165, 1.54) is 0 Å². The van der Waals surface area contributed by atoms with E-state index in [4.69, 9.17) is 28.5 Å². The summed E-state index contributed by atoms with van der Waals surface area (Å²) in [6, 6.07) is 7.43. The quantitative estimate of drug-likeness (QED) is 0.926. The van der Waals surface area contributed by atoms with Gasteiger partial charge < -0.3 is 5.32 Å². The molecule has 5 heteroatoms. The SMILES string of the molecule is N#CC1(C(=O)NCCc2ccc(Cl)cc2Cl)CCC1. The zero-order valence-electron chi connectivity index (χ0n) is 10.4. The Morgan fingerprint density at radius 1 is 1.42 bits per heavy atom. The van der Waals surface area contributed by atoms with Gasteiger partial charge in [0.25, 0.3) is 0 Å². The zero-order valence-corrected chi connectivity index (χ0v) is 11.9. The maximum absolute atomic E-state index is 11.9. The smallest absolute Gasteiger partial charge is 0.240 e. The van der Waals surface area contributed by atoms with Gasteiger partial charge in [-0.2, -0.15) is 5.26 Å². The van der Waals surface area contributed by atoms with Crippen LogP contribution in [0.2, 0.25) is 10.0 Å². The van der Waals surface area contributed by atoms with Gasteiger partial charge >= 0.3 is 0 Å². The number of nitriles is 1. The molecule has 2 rings (SSSR count). The standard InChI is InChI=1S/C14H14Cl2N2O/c15-11-3-2-10(12(16)8-11)4-7-18-13(19)14(9-17)5-1-6-14/h2-3,8H,1,4-7H2,(H,18,19). The van der Waals surface area contributed by atoms with E-state index in [0.29, 0.717) is 35.9 Å². The average Bonchev–Trinajstić information content (AvgIpc) is 2.31. The number of carbonyl (C=O) groups is 1. The van der Waals surface area contributed by atoms with Gasteiger partial charge in [0.05, 0.1) is 6.07 Å². The van der Waals surface area contributed by atoms with Crippen molar-refractivity contribution in [3.63, 3.8) is 0 Å². The molecule has 1 N–H and O–H groups in total. The molecule has 1 aliphatic carbocycles. The van der Waals surface area contributed by atoms with Gasteiger partial charge in [0.2, 0.25) is 5.91 Å². The molecule has 1 amide bonds. The topological polar surface area (TPSA) is 52.9 Å². The van der Waals surface area contributed by atoms with Crippen molar-refractivity contribution in [2.45, 2.75) is 25.7 Å². The monoisotopic (exact) mass is 296 g/mol. The minimum atomic E-state index is -0.788. The number of nitrogens with one attached hydrogen (secondary N) is 1. The molecule has 1 saturated carbocycles. The van der Waals surface area contributed by atoms with Crippen molar-refractivity contribution in [3.8, 4) is 6.07 Å². The summed E-state index contributed by atoms with van der Waals surface area (Å²) >= 11 is 11.9. The van der Waals surface area contributed by atoms with Crippen LogP contribution in [0.15, 0.2) is 18.2 Å². The number of hydrogen-bond acceptors (Lipinski definition) is 2. The number of benzene rings is 1. The predicted molar refractivity (Wildman–Crippen MR) is 75.1 cm³/mol. The number of amides is 1. The first-order valence-corrected chi connectivity index (χ1v) is 6.96. The van der Waals surface area contributed by atoms with Crippen molar-refractivity contribution in [3.05, 3.63) is 33.8 Å². The number of nitrogens with zero attached hydrogens (tertiary/aromatic N) is 1. The van der Waals surface area contributed by atoms with E-state index in [-0.39, 0.29) is 5.91 Å². The summed E-state index contributed by atoms with van der Waals surface area (Å²) in [7, 11) is 0.